The van der Waals surface area contributed by atoms with Crippen molar-refractivity contribution in [1.29, 1.82) is 0 Å². The number of nitrogens with two attached hydrogens (primary N) is 1. The number of benzene rings is 1. The second-order valence-corrected chi connectivity index (χ2v) is 7.38. The predicted molar refractivity (Wildman–Crippen MR) is 75.5 cm³/mol. The Balaban J connectivity index is 2.83. The fourth-order valence-electron chi connectivity index (χ4n) is 1.53. The van der Waals surface area contributed by atoms with E-state index in [0.29, 0.717) is 5.69 Å². The summed E-state index contributed by atoms with van der Waals surface area (Å²) in [7, 11) is -3.05. The molecule has 96 valence electrons. The van der Waals surface area contributed by atoms with E-state index in [1.807, 2.05) is 13.8 Å². The Morgan fingerprint density at radius 1 is 1.41 bits per heavy atom. The maximum Gasteiger partial charge on any atom is 0.154 e. The minimum absolute atomic E-state index is 0.0677. The van der Waals surface area contributed by atoms with Crippen LogP contribution < -0.4 is 5.73 Å². The first kappa shape index (κ1) is 14.5. The molecule has 1 rings (SSSR count). The number of rotatable bonds is 5. The molecule has 0 heterocycles. The lowest BCUT2D eigenvalue weighted by Gasteiger charge is -2.10. The quantitative estimate of drug-likeness (QED) is 0.849. The molecule has 1 aromatic carbocycles. The first-order valence-corrected chi connectivity index (χ1v) is 8.20. The molecule has 0 saturated heterocycles. The summed E-state index contributed by atoms with van der Waals surface area (Å²) in [4.78, 5) is 0. The van der Waals surface area contributed by atoms with Gasteiger partial charge in [-0.3, -0.25) is 0 Å². The summed E-state index contributed by atoms with van der Waals surface area (Å²) in [6.07, 6.45) is 0.877. The maximum atomic E-state index is 12.0. The van der Waals surface area contributed by atoms with Crippen molar-refractivity contribution < 1.29 is 8.42 Å². The van der Waals surface area contributed by atoms with Gasteiger partial charge >= 0.3 is 0 Å². The van der Waals surface area contributed by atoms with Gasteiger partial charge < -0.3 is 5.73 Å². The molecule has 0 fully saturated rings. The van der Waals surface area contributed by atoms with Gasteiger partial charge in [0, 0.05) is 10.2 Å². The molecule has 0 spiro atoms. The Morgan fingerprint density at radius 3 is 2.59 bits per heavy atom. The Labute approximate surface area is 111 Å². The Kier molecular flexibility index (Phi) is 5.01. The van der Waals surface area contributed by atoms with Crippen LogP contribution in [0, 0.1) is 5.92 Å². The molecule has 5 heteroatoms. The van der Waals surface area contributed by atoms with Crippen LogP contribution in [-0.2, 0) is 15.6 Å². The molecule has 17 heavy (non-hydrogen) atoms. The third-order valence-corrected chi connectivity index (χ3v) is 5.25. The van der Waals surface area contributed by atoms with E-state index in [-0.39, 0.29) is 17.4 Å². The molecule has 0 aliphatic rings. The summed E-state index contributed by atoms with van der Waals surface area (Å²) >= 11 is 3.34. The molecule has 0 amide bonds. The first-order valence-electron chi connectivity index (χ1n) is 5.58. The molecule has 2 N–H and O–H groups in total. The molecule has 0 bridgehead atoms. The van der Waals surface area contributed by atoms with Crippen molar-refractivity contribution in [2.45, 2.75) is 26.0 Å². The SMILES string of the molecule is CCC(C)CS(=O)(=O)Cc1ccc(N)cc1Br. The lowest BCUT2D eigenvalue weighted by molar-refractivity contribution is 0.563. The van der Waals surface area contributed by atoms with E-state index in [9.17, 15) is 8.42 Å². The largest absolute Gasteiger partial charge is 0.399 e. The van der Waals surface area contributed by atoms with Crippen LogP contribution in [0.2, 0.25) is 0 Å². The third kappa shape index (κ3) is 4.68. The second-order valence-electron chi connectivity index (χ2n) is 4.42. The third-order valence-electron chi connectivity index (χ3n) is 2.69. The summed E-state index contributed by atoms with van der Waals surface area (Å²) in [5, 5.41) is 0. The highest BCUT2D eigenvalue weighted by molar-refractivity contribution is 9.10. The molecule has 3 nitrogen and oxygen atoms in total. The Hall–Kier alpha value is -0.550. The van der Waals surface area contributed by atoms with Crippen LogP contribution in [0.4, 0.5) is 5.69 Å². The van der Waals surface area contributed by atoms with Gasteiger partial charge in [0.1, 0.15) is 0 Å². The lowest BCUT2D eigenvalue weighted by atomic mass is 10.2. The Morgan fingerprint density at radius 2 is 2.06 bits per heavy atom. The van der Waals surface area contributed by atoms with Crippen LogP contribution in [0.15, 0.2) is 22.7 Å². The normalized spacial score (nSPS) is 13.6. The van der Waals surface area contributed by atoms with E-state index in [0.717, 1.165) is 16.5 Å². The van der Waals surface area contributed by atoms with Gasteiger partial charge in [-0.25, -0.2) is 8.42 Å². The molecular weight excluding hydrogens is 302 g/mol. The van der Waals surface area contributed by atoms with E-state index in [2.05, 4.69) is 15.9 Å². The van der Waals surface area contributed by atoms with Gasteiger partial charge in [-0.2, -0.15) is 0 Å². The van der Waals surface area contributed by atoms with E-state index < -0.39 is 9.84 Å². The van der Waals surface area contributed by atoms with Crippen molar-refractivity contribution in [2.24, 2.45) is 5.92 Å². The zero-order chi connectivity index (χ0) is 13.1. The average Bonchev–Trinajstić information content (AvgIpc) is 2.21. The molecule has 1 unspecified atom stereocenters. The predicted octanol–water partition coefficient (Wildman–Crippen LogP) is 2.99. The van der Waals surface area contributed by atoms with E-state index in [4.69, 9.17) is 5.73 Å². The van der Waals surface area contributed by atoms with Gasteiger partial charge in [0.05, 0.1) is 11.5 Å². The van der Waals surface area contributed by atoms with Crippen LogP contribution in [-0.4, -0.2) is 14.2 Å². The molecule has 0 aromatic heterocycles. The molecule has 1 atom stereocenters. The number of hydrogen-bond acceptors (Lipinski definition) is 3. The van der Waals surface area contributed by atoms with Crippen molar-refractivity contribution >= 4 is 31.5 Å². The van der Waals surface area contributed by atoms with Gasteiger partial charge in [-0.05, 0) is 23.6 Å². The minimum Gasteiger partial charge on any atom is -0.399 e. The molecule has 0 saturated carbocycles. The van der Waals surface area contributed by atoms with Crippen molar-refractivity contribution in [2.75, 3.05) is 11.5 Å². The highest BCUT2D eigenvalue weighted by atomic mass is 79.9. The number of hydrogen-bond donors (Lipinski definition) is 1. The van der Waals surface area contributed by atoms with Gasteiger partial charge in [0.15, 0.2) is 9.84 Å². The Bertz CT molecular complexity index is 485. The molecule has 0 radical (unpaired) electrons. The monoisotopic (exact) mass is 319 g/mol. The fraction of sp³-hybridized carbons (Fsp3) is 0.500. The zero-order valence-electron chi connectivity index (χ0n) is 10.1. The number of halogens is 1. The van der Waals surface area contributed by atoms with Crippen molar-refractivity contribution in [3.63, 3.8) is 0 Å². The number of nitrogen functional groups attached to an aromatic ring is 1. The first-order chi connectivity index (χ1) is 7.84. The van der Waals surface area contributed by atoms with Crippen molar-refractivity contribution in [3.05, 3.63) is 28.2 Å². The van der Waals surface area contributed by atoms with Crippen molar-refractivity contribution in [3.8, 4) is 0 Å². The van der Waals surface area contributed by atoms with Gasteiger partial charge in [0.2, 0.25) is 0 Å². The summed E-state index contributed by atoms with van der Waals surface area (Å²) in [6.45, 7) is 3.95. The van der Waals surface area contributed by atoms with Gasteiger partial charge in [0.25, 0.3) is 0 Å². The summed E-state index contributed by atoms with van der Waals surface area (Å²) < 4.78 is 24.7. The second kappa shape index (κ2) is 5.87. The zero-order valence-corrected chi connectivity index (χ0v) is 12.5. The average molecular weight is 320 g/mol. The molecule has 0 aliphatic carbocycles. The standard InChI is InChI=1S/C12H18BrNO2S/c1-3-9(2)7-17(15,16)8-10-4-5-11(14)6-12(10)13/h4-6,9H,3,7-8,14H2,1-2H3. The molecular formula is C12H18BrNO2S. The van der Waals surface area contributed by atoms with Crippen LogP contribution in [0.5, 0.6) is 0 Å². The lowest BCUT2D eigenvalue weighted by Crippen LogP contribution is -2.15. The molecule has 0 aliphatic heterocycles. The summed E-state index contributed by atoms with van der Waals surface area (Å²) in [5.74, 6) is 0.506. The fourth-order valence-corrected chi connectivity index (χ4v) is 4.20. The van der Waals surface area contributed by atoms with Crippen molar-refractivity contribution in [1.82, 2.24) is 0 Å². The highest BCUT2D eigenvalue weighted by Gasteiger charge is 2.17. The van der Waals surface area contributed by atoms with E-state index in [1.54, 1.807) is 18.2 Å². The van der Waals surface area contributed by atoms with Crippen LogP contribution >= 0.6 is 15.9 Å². The smallest absolute Gasteiger partial charge is 0.154 e. The highest BCUT2D eigenvalue weighted by Crippen LogP contribution is 2.22. The van der Waals surface area contributed by atoms with Gasteiger partial charge in [-0.15, -0.1) is 0 Å². The van der Waals surface area contributed by atoms with Gasteiger partial charge in [-0.1, -0.05) is 42.3 Å². The van der Waals surface area contributed by atoms with Crippen LogP contribution in [0.25, 0.3) is 0 Å². The topological polar surface area (TPSA) is 60.2 Å². The summed E-state index contributed by atoms with van der Waals surface area (Å²) in [5.41, 5.74) is 7.01. The van der Waals surface area contributed by atoms with E-state index >= 15 is 0 Å². The number of anilines is 1. The maximum absolute atomic E-state index is 12.0. The summed E-state index contributed by atoms with van der Waals surface area (Å²) in [6, 6.07) is 5.21. The van der Waals surface area contributed by atoms with Crippen LogP contribution in [0.3, 0.4) is 0 Å². The minimum atomic E-state index is -3.05. The van der Waals surface area contributed by atoms with Crippen LogP contribution in [0.1, 0.15) is 25.8 Å². The van der Waals surface area contributed by atoms with E-state index in [1.165, 1.54) is 0 Å². The molecule has 1 aromatic rings. The number of sulfone groups is 1.